The van der Waals surface area contributed by atoms with E-state index in [1.807, 2.05) is 103 Å². The summed E-state index contributed by atoms with van der Waals surface area (Å²) in [5, 5.41) is 2.85. The number of nitrogens with zero attached hydrogens (tertiary/aromatic N) is 1. The molecule has 3 aromatic rings. The zero-order chi connectivity index (χ0) is 21.9. The molecule has 0 saturated heterocycles. The molecule has 3 rings (SSSR count). The van der Waals surface area contributed by atoms with E-state index >= 15 is 0 Å². The molecule has 160 valence electrons. The predicted molar refractivity (Wildman–Crippen MR) is 121 cm³/mol. The van der Waals surface area contributed by atoms with Crippen LogP contribution in [0.1, 0.15) is 29.7 Å². The van der Waals surface area contributed by atoms with Gasteiger partial charge in [0.05, 0.1) is 12.6 Å². The Bertz CT molecular complexity index is 905. The van der Waals surface area contributed by atoms with Gasteiger partial charge in [0.15, 0.2) is 6.61 Å². The van der Waals surface area contributed by atoms with Crippen molar-refractivity contribution >= 4 is 11.9 Å². The fraction of sp³-hybridized carbons (Fsp3) is 0.231. The highest BCUT2D eigenvalue weighted by atomic mass is 16.5. The van der Waals surface area contributed by atoms with Crippen molar-refractivity contribution in [2.75, 3.05) is 13.2 Å². The number of carbonyl (C=O) groups excluding carboxylic acids is 2. The predicted octanol–water partition coefficient (Wildman–Crippen LogP) is 4.11. The monoisotopic (exact) mass is 416 g/mol. The van der Waals surface area contributed by atoms with Crippen molar-refractivity contribution < 1.29 is 14.3 Å². The lowest BCUT2D eigenvalue weighted by molar-refractivity contribution is -0.150. The van der Waals surface area contributed by atoms with Gasteiger partial charge in [0.1, 0.15) is 0 Å². The SMILES string of the molecule is C[C@@H](NC(=O)COC(=O)CN(Cc1ccccc1)Cc1ccccc1)c1ccccc1. The standard InChI is InChI=1S/C26H28N2O3/c1-21(24-15-9-4-10-16-24)27-25(29)20-31-26(30)19-28(17-22-11-5-2-6-12-22)18-23-13-7-3-8-14-23/h2-16,21H,17-20H2,1H3,(H,27,29)/t21-/m1/s1. The molecule has 0 spiro atoms. The van der Waals surface area contributed by atoms with Crippen LogP contribution < -0.4 is 5.32 Å². The van der Waals surface area contributed by atoms with Gasteiger partial charge >= 0.3 is 5.97 Å². The number of benzene rings is 3. The lowest BCUT2D eigenvalue weighted by Gasteiger charge is -2.22. The van der Waals surface area contributed by atoms with Gasteiger partial charge in [0, 0.05) is 13.1 Å². The van der Waals surface area contributed by atoms with E-state index < -0.39 is 5.97 Å². The summed E-state index contributed by atoms with van der Waals surface area (Å²) in [7, 11) is 0. The van der Waals surface area contributed by atoms with Gasteiger partial charge in [-0.1, -0.05) is 91.0 Å². The number of rotatable bonds is 10. The third-order valence-electron chi connectivity index (χ3n) is 4.89. The molecule has 0 aliphatic rings. The lowest BCUT2D eigenvalue weighted by atomic mass is 10.1. The number of amides is 1. The Morgan fingerprint density at radius 3 is 1.81 bits per heavy atom. The first-order valence-electron chi connectivity index (χ1n) is 10.4. The highest BCUT2D eigenvalue weighted by Crippen LogP contribution is 2.12. The minimum atomic E-state index is -0.422. The number of hydrogen-bond donors (Lipinski definition) is 1. The van der Waals surface area contributed by atoms with Crippen LogP contribution in [0.3, 0.4) is 0 Å². The van der Waals surface area contributed by atoms with Gasteiger partial charge in [-0.3, -0.25) is 14.5 Å². The Hall–Kier alpha value is -3.44. The molecule has 0 radical (unpaired) electrons. The number of nitrogens with one attached hydrogen (secondary N) is 1. The summed E-state index contributed by atoms with van der Waals surface area (Å²) in [6.45, 7) is 2.94. The molecule has 0 aromatic heterocycles. The molecule has 0 aliphatic heterocycles. The zero-order valence-electron chi connectivity index (χ0n) is 17.7. The molecule has 0 aliphatic carbocycles. The smallest absolute Gasteiger partial charge is 0.320 e. The third kappa shape index (κ3) is 7.72. The second-order valence-electron chi connectivity index (χ2n) is 7.48. The second kappa shape index (κ2) is 11.7. The molecule has 5 nitrogen and oxygen atoms in total. The number of esters is 1. The zero-order valence-corrected chi connectivity index (χ0v) is 17.7. The minimum absolute atomic E-state index is 0.102. The summed E-state index contributed by atoms with van der Waals surface area (Å²) < 4.78 is 5.25. The fourth-order valence-corrected chi connectivity index (χ4v) is 3.33. The van der Waals surface area contributed by atoms with E-state index in [1.54, 1.807) is 0 Å². The van der Waals surface area contributed by atoms with E-state index in [0.717, 1.165) is 16.7 Å². The quantitative estimate of drug-likeness (QED) is 0.506. The van der Waals surface area contributed by atoms with Crippen molar-refractivity contribution in [2.24, 2.45) is 0 Å². The van der Waals surface area contributed by atoms with E-state index in [4.69, 9.17) is 4.74 Å². The van der Waals surface area contributed by atoms with Crippen molar-refractivity contribution in [2.45, 2.75) is 26.1 Å². The van der Waals surface area contributed by atoms with Crippen molar-refractivity contribution in [3.05, 3.63) is 108 Å². The summed E-state index contributed by atoms with van der Waals surface area (Å²) in [5.74, 6) is -0.739. The average molecular weight is 417 g/mol. The first kappa shape index (κ1) is 22.2. The Morgan fingerprint density at radius 1 is 0.806 bits per heavy atom. The van der Waals surface area contributed by atoms with Crippen molar-refractivity contribution in [3.8, 4) is 0 Å². The van der Waals surface area contributed by atoms with Crippen LogP contribution in [0.5, 0.6) is 0 Å². The van der Waals surface area contributed by atoms with Crippen LogP contribution >= 0.6 is 0 Å². The van der Waals surface area contributed by atoms with E-state index in [-0.39, 0.29) is 25.1 Å². The maximum Gasteiger partial charge on any atom is 0.320 e. The molecule has 1 amide bonds. The van der Waals surface area contributed by atoms with Crippen molar-refractivity contribution in [3.63, 3.8) is 0 Å². The molecular formula is C26H28N2O3. The van der Waals surface area contributed by atoms with Gasteiger partial charge in [-0.05, 0) is 23.6 Å². The Balaban J connectivity index is 1.52. The van der Waals surface area contributed by atoms with Crippen LogP contribution in [0.15, 0.2) is 91.0 Å². The van der Waals surface area contributed by atoms with Gasteiger partial charge in [-0.25, -0.2) is 0 Å². The van der Waals surface area contributed by atoms with E-state index in [1.165, 1.54) is 0 Å². The van der Waals surface area contributed by atoms with Crippen molar-refractivity contribution in [1.29, 1.82) is 0 Å². The molecule has 0 heterocycles. The molecule has 1 atom stereocenters. The van der Waals surface area contributed by atoms with Crippen LogP contribution in [0.25, 0.3) is 0 Å². The van der Waals surface area contributed by atoms with Gasteiger partial charge in [-0.15, -0.1) is 0 Å². The number of hydrogen-bond acceptors (Lipinski definition) is 4. The maximum absolute atomic E-state index is 12.5. The Labute approximate surface area is 183 Å². The van der Waals surface area contributed by atoms with Crippen LogP contribution in [-0.2, 0) is 27.4 Å². The molecule has 0 fully saturated rings. The molecule has 31 heavy (non-hydrogen) atoms. The first-order chi connectivity index (χ1) is 15.1. The van der Waals surface area contributed by atoms with Crippen LogP contribution in [0, 0.1) is 0 Å². The van der Waals surface area contributed by atoms with Gasteiger partial charge in [-0.2, -0.15) is 0 Å². The molecular weight excluding hydrogens is 388 g/mol. The summed E-state index contributed by atoms with van der Waals surface area (Å²) in [4.78, 5) is 26.7. The maximum atomic E-state index is 12.5. The topological polar surface area (TPSA) is 58.6 Å². The first-order valence-corrected chi connectivity index (χ1v) is 10.4. The lowest BCUT2D eigenvalue weighted by Crippen LogP contribution is -2.34. The van der Waals surface area contributed by atoms with Crippen molar-refractivity contribution in [1.82, 2.24) is 10.2 Å². The van der Waals surface area contributed by atoms with Crippen LogP contribution in [-0.4, -0.2) is 29.9 Å². The highest BCUT2D eigenvalue weighted by Gasteiger charge is 2.16. The van der Waals surface area contributed by atoms with E-state index in [0.29, 0.717) is 13.1 Å². The normalized spacial score (nSPS) is 11.7. The Morgan fingerprint density at radius 2 is 1.29 bits per heavy atom. The number of ether oxygens (including phenoxy) is 1. The van der Waals surface area contributed by atoms with Crippen LogP contribution in [0.2, 0.25) is 0 Å². The largest absolute Gasteiger partial charge is 0.455 e. The molecule has 1 N–H and O–H groups in total. The summed E-state index contributed by atoms with van der Waals surface area (Å²) >= 11 is 0. The number of carbonyl (C=O) groups is 2. The highest BCUT2D eigenvalue weighted by molar-refractivity contribution is 5.81. The molecule has 5 heteroatoms. The van der Waals surface area contributed by atoms with Gasteiger partial charge in [0.2, 0.25) is 0 Å². The summed E-state index contributed by atoms with van der Waals surface area (Å²) in [5.41, 5.74) is 3.22. The molecule has 0 unspecified atom stereocenters. The fourth-order valence-electron chi connectivity index (χ4n) is 3.33. The van der Waals surface area contributed by atoms with E-state index in [2.05, 4.69) is 5.32 Å². The summed E-state index contributed by atoms with van der Waals surface area (Å²) in [6.07, 6.45) is 0. The van der Waals surface area contributed by atoms with Crippen LogP contribution in [0.4, 0.5) is 0 Å². The van der Waals surface area contributed by atoms with Gasteiger partial charge in [0.25, 0.3) is 5.91 Å². The molecule has 0 saturated carbocycles. The average Bonchev–Trinajstić information content (AvgIpc) is 2.79. The summed E-state index contributed by atoms with van der Waals surface area (Å²) in [6, 6.07) is 29.5. The minimum Gasteiger partial charge on any atom is -0.455 e. The van der Waals surface area contributed by atoms with Gasteiger partial charge < -0.3 is 10.1 Å². The molecule has 0 bridgehead atoms. The third-order valence-corrected chi connectivity index (χ3v) is 4.89. The van der Waals surface area contributed by atoms with E-state index in [9.17, 15) is 9.59 Å². The molecule has 3 aromatic carbocycles. The second-order valence-corrected chi connectivity index (χ2v) is 7.48. The Kier molecular flexibility index (Phi) is 8.38.